The first kappa shape index (κ1) is 13.3. The van der Waals surface area contributed by atoms with Crippen molar-refractivity contribution < 1.29 is 4.74 Å². The molecule has 1 heterocycles. The summed E-state index contributed by atoms with van der Waals surface area (Å²) in [6, 6.07) is 4.79. The molecular weight excluding hydrogens is 224 g/mol. The van der Waals surface area contributed by atoms with Crippen molar-refractivity contribution >= 4 is 0 Å². The molecule has 1 aromatic rings. The van der Waals surface area contributed by atoms with Gasteiger partial charge in [-0.25, -0.2) is 0 Å². The summed E-state index contributed by atoms with van der Waals surface area (Å²) >= 11 is 0. The predicted octanol–water partition coefficient (Wildman–Crippen LogP) is 3.21. The molecule has 0 radical (unpaired) electrons. The van der Waals surface area contributed by atoms with Crippen LogP contribution in [0.2, 0.25) is 0 Å². The van der Waals surface area contributed by atoms with Crippen molar-refractivity contribution in [3.8, 4) is 5.75 Å². The van der Waals surface area contributed by atoms with Gasteiger partial charge in [0, 0.05) is 18.3 Å². The molecule has 0 aromatic carbocycles. The molecule has 0 aliphatic heterocycles. The van der Waals surface area contributed by atoms with Gasteiger partial charge < -0.3 is 10.1 Å². The lowest BCUT2D eigenvalue weighted by Gasteiger charge is -2.12. The molecule has 1 N–H and O–H groups in total. The molecule has 0 unspecified atom stereocenters. The van der Waals surface area contributed by atoms with E-state index in [1.54, 1.807) is 0 Å². The Bertz CT molecular complexity index is 375. The second-order valence-corrected chi connectivity index (χ2v) is 5.11. The zero-order valence-electron chi connectivity index (χ0n) is 11.5. The Labute approximate surface area is 110 Å². The standard InChI is InChI=1S/C15H24N2O/c1-3-4-5-10-18-15-9-6-12(2)17-14(15)11-16-13-7-8-13/h6,9,13,16H,3-5,7-8,10-11H2,1-2H3. The maximum Gasteiger partial charge on any atom is 0.142 e. The second-order valence-electron chi connectivity index (χ2n) is 5.11. The summed E-state index contributed by atoms with van der Waals surface area (Å²) in [5.41, 5.74) is 2.11. The Morgan fingerprint density at radius 3 is 2.89 bits per heavy atom. The number of ether oxygens (including phenoxy) is 1. The smallest absolute Gasteiger partial charge is 0.142 e. The van der Waals surface area contributed by atoms with Gasteiger partial charge >= 0.3 is 0 Å². The summed E-state index contributed by atoms with van der Waals surface area (Å²) in [5, 5.41) is 3.50. The van der Waals surface area contributed by atoms with Crippen LogP contribution in [0, 0.1) is 6.92 Å². The minimum Gasteiger partial charge on any atom is -0.492 e. The van der Waals surface area contributed by atoms with Crippen LogP contribution in [0.15, 0.2) is 12.1 Å². The average molecular weight is 248 g/mol. The van der Waals surface area contributed by atoms with Gasteiger partial charge in [0.25, 0.3) is 0 Å². The number of hydrogen-bond donors (Lipinski definition) is 1. The third kappa shape index (κ3) is 4.30. The van der Waals surface area contributed by atoms with Gasteiger partial charge in [0.15, 0.2) is 0 Å². The number of nitrogens with zero attached hydrogens (tertiary/aromatic N) is 1. The van der Waals surface area contributed by atoms with Crippen LogP contribution in [0.4, 0.5) is 0 Å². The largest absolute Gasteiger partial charge is 0.492 e. The summed E-state index contributed by atoms with van der Waals surface area (Å²) in [4.78, 5) is 4.58. The van der Waals surface area contributed by atoms with E-state index >= 15 is 0 Å². The predicted molar refractivity (Wildman–Crippen MR) is 73.9 cm³/mol. The molecule has 2 rings (SSSR count). The number of aromatic nitrogens is 1. The molecule has 0 bridgehead atoms. The van der Waals surface area contributed by atoms with Crippen molar-refractivity contribution in [3.05, 3.63) is 23.5 Å². The van der Waals surface area contributed by atoms with Crippen molar-refractivity contribution in [1.82, 2.24) is 10.3 Å². The molecule has 0 amide bonds. The van der Waals surface area contributed by atoms with Crippen LogP contribution in [0.5, 0.6) is 5.75 Å². The quantitative estimate of drug-likeness (QED) is 0.717. The van der Waals surface area contributed by atoms with Crippen LogP contribution in [0.3, 0.4) is 0 Å². The van der Waals surface area contributed by atoms with E-state index in [1.807, 2.05) is 13.0 Å². The highest BCUT2D eigenvalue weighted by atomic mass is 16.5. The monoisotopic (exact) mass is 248 g/mol. The SMILES string of the molecule is CCCCCOc1ccc(C)nc1CNC1CC1. The molecule has 3 nitrogen and oxygen atoms in total. The molecule has 0 spiro atoms. The van der Waals surface area contributed by atoms with Gasteiger partial charge in [-0.2, -0.15) is 0 Å². The maximum atomic E-state index is 5.84. The Kier molecular flexibility index (Phi) is 5.00. The Morgan fingerprint density at radius 1 is 1.33 bits per heavy atom. The van der Waals surface area contributed by atoms with Crippen LogP contribution in [-0.4, -0.2) is 17.6 Å². The zero-order chi connectivity index (χ0) is 12.8. The molecule has 1 fully saturated rings. The molecule has 0 atom stereocenters. The first-order valence-electron chi connectivity index (χ1n) is 7.12. The van der Waals surface area contributed by atoms with Crippen molar-refractivity contribution in [2.45, 2.75) is 58.5 Å². The van der Waals surface area contributed by atoms with Crippen LogP contribution in [0.25, 0.3) is 0 Å². The van der Waals surface area contributed by atoms with E-state index in [9.17, 15) is 0 Å². The highest BCUT2D eigenvalue weighted by Gasteiger charge is 2.21. The molecule has 1 aliphatic carbocycles. The lowest BCUT2D eigenvalue weighted by molar-refractivity contribution is 0.300. The third-order valence-electron chi connectivity index (χ3n) is 3.21. The molecule has 1 saturated carbocycles. The van der Waals surface area contributed by atoms with E-state index in [2.05, 4.69) is 23.3 Å². The van der Waals surface area contributed by atoms with E-state index in [0.717, 1.165) is 36.7 Å². The van der Waals surface area contributed by atoms with Crippen LogP contribution in [-0.2, 0) is 6.54 Å². The van der Waals surface area contributed by atoms with Gasteiger partial charge in [-0.3, -0.25) is 4.98 Å². The number of hydrogen-bond acceptors (Lipinski definition) is 3. The fourth-order valence-corrected chi connectivity index (χ4v) is 1.92. The molecular formula is C15H24N2O. The number of nitrogens with one attached hydrogen (secondary N) is 1. The fraction of sp³-hybridized carbons (Fsp3) is 0.667. The number of rotatable bonds is 8. The van der Waals surface area contributed by atoms with Crippen molar-refractivity contribution in [2.24, 2.45) is 0 Å². The zero-order valence-corrected chi connectivity index (χ0v) is 11.5. The second kappa shape index (κ2) is 6.74. The van der Waals surface area contributed by atoms with E-state index in [1.165, 1.54) is 25.7 Å². The van der Waals surface area contributed by atoms with Gasteiger partial charge in [-0.05, 0) is 38.3 Å². The van der Waals surface area contributed by atoms with Crippen LogP contribution < -0.4 is 10.1 Å². The summed E-state index contributed by atoms with van der Waals surface area (Å²) in [6.07, 6.45) is 6.19. The van der Waals surface area contributed by atoms with Crippen LogP contribution in [0.1, 0.15) is 50.4 Å². The summed E-state index contributed by atoms with van der Waals surface area (Å²) in [6.45, 7) is 5.87. The van der Waals surface area contributed by atoms with Crippen LogP contribution >= 0.6 is 0 Å². The lowest BCUT2D eigenvalue weighted by atomic mass is 10.2. The van der Waals surface area contributed by atoms with Crippen molar-refractivity contribution in [2.75, 3.05) is 6.61 Å². The molecule has 100 valence electrons. The summed E-state index contributed by atoms with van der Waals surface area (Å²) in [7, 11) is 0. The van der Waals surface area contributed by atoms with E-state index in [-0.39, 0.29) is 0 Å². The minimum atomic E-state index is 0.709. The number of unbranched alkanes of at least 4 members (excludes halogenated alkanes) is 2. The molecule has 0 saturated heterocycles. The molecule has 18 heavy (non-hydrogen) atoms. The van der Waals surface area contributed by atoms with Gasteiger partial charge in [-0.15, -0.1) is 0 Å². The minimum absolute atomic E-state index is 0.709. The van der Waals surface area contributed by atoms with Gasteiger partial charge in [0.2, 0.25) is 0 Å². The highest BCUT2D eigenvalue weighted by molar-refractivity contribution is 5.29. The average Bonchev–Trinajstić information content (AvgIpc) is 3.18. The Hall–Kier alpha value is -1.09. The maximum absolute atomic E-state index is 5.84. The summed E-state index contributed by atoms with van der Waals surface area (Å²) in [5.74, 6) is 0.949. The third-order valence-corrected chi connectivity index (χ3v) is 3.21. The lowest BCUT2D eigenvalue weighted by Crippen LogP contribution is -2.17. The van der Waals surface area contributed by atoms with E-state index < -0.39 is 0 Å². The normalized spacial score (nSPS) is 14.8. The first-order chi connectivity index (χ1) is 8.79. The van der Waals surface area contributed by atoms with Gasteiger partial charge in [-0.1, -0.05) is 19.8 Å². The van der Waals surface area contributed by atoms with Gasteiger partial charge in [0.05, 0.1) is 12.3 Å². The van der Waals surface area contributed by atoms with E-state index in [4.69, 9.17) is 4.74 Å². The number of pyridine rings is 1. The topological polar surface area (TPSA) is 34.1 Å². The highest BCUT2D eigenvalue weighted by Crippen LogP contribution is 2.22. The van der Waals surface area contributed by atoms with Crippen molar-refractivity contribution in [3.63, 3.8) is 0 Å². The molecule has 1 aromatic heterocycles. The number of aryl methyl sites for hydroxylation is 1. The van der Waals surface area contributed by atoms with E-state index in [0.29, 0.717) is 6.04 Å². The summed E-state index contributed by atoms with van der Waals surface area (Å²) < 4.78 is 5.84. The molecule has 3 heteroatoms. The van der Waals surface area contributed by atoms with Crippen molar-refractivity contribution in [1.29, 1.82) is 0 Å². The Morgan fingerprint density at radius 2 is 2.17 bits per heavy atom. The first-order valence-corrected chi connectivity index (χ1v) is 7.12. The Balaban J connectivity index is 1.88. The van der Waals surface area contributed by atoms with Gasteiger partial charge in [0.1, 0.15) is 5.75 Å². The molecule has 1 aliphatic rings. The fourth-order valence-electron chi connectivity index (χ4n) is 1.92.